The summed E-state index contributed by atoms with van der Waals surface area (Å²) in [7, 11) is 1.61. The van der Waals surface area contributed by atoms with Crippen molar-refractivity contribution in [3.63, 3.8) is 0 Å². The van der Waals surface area contributed by atoms with Crippen LogP contribution in [-0.2, 0) is 4.79 Å². The van der Waals surface area contributed by atoms with Crippen molar-refractivity contribution in [3.8, 4) is 5.75 Å². The van der Waals surface area contributed by atoms with Crippen LogP contribution in [0, 0.1) is 6.92 Å². The van der Waals surface area contributed by atoms with Gasteiger partial charge in [0.15, 0.2) is 0 Å². The molecule has 6 nitrogen and oxygen atoms in total. The first-order valence-electron chi connectivity index (χ1n) is 9.94. The average molecular weight is 415 g/mol. The number of hydrogen-bond donors (Lipinski definition) is 2. The van der Waals surface area contributed by atoms with Crippen LogP contribution in [0.5, 0.6) is 5.75 Å². The third-order valence-corrected chi connectivity index (χ3v) is 4.80. The fourth-order valence-electron chi connectivity index (χ4n) is 3.09. The molecule has 0 radical (unpaired) electrons. The Morgan fingerprint density at radius 2 is 1.68 bits per heavy atom. The molecule has 0 aromatic heterocycles. The number of carbonyl (C=O) groups is 2. The second-order valence-electron chi connectivity index (χ2n) is 7.02. The van der Waals surface area contributed by atoms with Crippen molar-refractivity contribution in [2.45, 2.75) is 19.4 Å². The lowest BCUT2D eigenvalue weighted by molar-refractivity contribution is -0.121. The van der Waals surface area contributed by atoms with Crippen LogP contribution in [0.3, 0.4) is 0 Å². The Balaban J connectivity index is 1.66. The van der Waals surface area contributed by atoms with Gasteiger partial charge in [-0.25, -0.2) is 5.43 Å². The highest BCUT2D eigenvalue weighted by molar-refractivity contribution is 5.94. The van der Waals surface area contributed by atoms with Crippen molar-refractivity contribution in [2.75, 3.05) is 7.11 Å². The molecule has 2 N–H and O–H groups in total. The maximum absolute atomic E-state index is 12.6. The van der Waals surface area contributed by atoms with E-state index in [1.54, 1.807) is 37.6 Å². The molecule has 0 aliphatic heterocycles. The molecule has 158 valence electrons. The maximum Gasteiger partial charge on any atom is 0.251 e. The van der Waals surface area contributed by atoms with E-state index in [0.29, 0.717) is 5.56 Å². The summed E-state index contributed by atoms with van der Waals surface area (Å²) in [6.07, 6.45) is 1.65. The number of benzene rings is 3. The van der Waals surface area contributed by atoms with E-state index >= 15 is 0 Å². The van der Waals surface area contributed by atoms with Crippen LogP contribution in [0.1, 0.15) is 39.5 Å². The van der Waals surface area contributed by atoms with E-state index in [4.69, 9.17) is 4.74 Å². The molecule has 0 saturated heterocycles. The number of nitrogens with zero attached hydrogens (tertiary/aromatic N) is 1. The molecule has 3 rings (SSSR count). The number of carbonyl (C=O) groups excluding carboxylic acids is 2. The van der Waals surface area contributed by atoms with E-state index in [-0.39, 0.29) is 18.2 Å². The number of hydrogen-bond acceptors (Lipinski definition) is 4. The third kappa shape index (κ3) is 6.27. The van der Waals surface area contributed by atoms with E-state index in [9.17, 15) is 9.59 Å². The second-order valence-corrected chi connectivity index (χ2v) is 7.02. The minimum Gasteiger partial charge on any atom is -0.497 e. The fraction of sp³-hybridized carbons (Fsp3) is 0.160. The number of rotatable bonds is 8. The molecule has 0 bridgehead atoms. The van der Waals surface area contributed by atoms with Gasteiger partial charge in [0.2, 0.25) is 5.91 Å². The third-order valence-electron chi connectivity index (χ3n) is 4.80. The summed E-state index contributed by atoms with van der Waals surface area (Å²) in [6, 6.07) is 23.4. The van der Waals surface area contributed by atoms with E-state index < -0.39 is 6.04 Å². The van der Waals surface area contributed by atoms with Crippen LogP contribution >= 0.6 is 0 Å². The molecular weight excluding hydrogens is 390 g/mol. The Morgan fingerprint density at radius 3 is 2.32 bits per heavy atom. The number of aryl methyl sites for hydroxylation is 1. The summed E-state index contributed by atoms with van der Waals surface area (Å²) in [5.41, 5.74) is 5.79. The van der Waals surface area contributed by atoms with Gasteiger partial charge in [-0.2, -0.15) is 5.10 Å². The molecule has 0 aliphatic carbocycles. The van der Waals surface area contributed by atoms with Gasteiger partial charge in [-0.1, -0.05) is 48.5 Å². The van der Waals surface area contributed by atoms with Crippen molar-refractivity contribution in [1.82, 2.24) is 10.7 Å². The summed E-state index contributed by atoms with van der Waals surface area (Å²) < 4.78 is 5.19. The van der Waals surface area contributed by atoms with Crippen molar-refractivity contribution in [1.29, 1.82) is 0 Å². The monoisotopic (exact) mass is 415 g/mol. The number of methoxy groups -OCH3 is 1. The Bertz CT molecular complexity index is 1050. The van der Waals surface area contributed by atoms with Gasteiger partial charge in [-0.05, 0) is 53.9 Å². The van der Waals surface area contributed by atoms with Gasteiger partial charge >= 0.3 is 0 Å². The number of hydrazone groups is 1. The average Bonchev–Trinajstić information content (AvgIpc) is 2.80. The highest BCUT2D eigenvalue weighted by Gasteiger charge is 2.19. The summed E-state index contributed by atoms with van der Waals surface area (Å²) in [5.74, 6) is 0.225. The number of amides is 2. The van der Waals surface area contributed by atoms with Gasteiger partial charge in [0.1, 0.15) is 5.75 Å². The molecule has 0 unspecified atom stereocenters. The lowest BCUT2D eigenvalue weighted by Crippen LogP contribution is -2.32. The first-order chi connectivity index (χ1) is 15.1. The molecule has 2 amide bonds. The topological polar surface area (TPSA) is 79.8 Å². The molecular formula is C25H25N3O3. The van der Waals surface area contributed by atoms with Crippen molar-refractivity contribution < 1.29 is 14.3 Å². The molecule has 0 aliphatic rings. The molecule has 3 aromatic carbocycles. The number of nitrogens with one attached hydrogen (secondary N) is 2. The van der Waals surface area contributed by atoms with Gasteiger partial charge < -0.3 is 10.1 Å². The van der Waals surface area contributed by atoms with Crippen LogP contribution in [0.4, 0.5) is 0 Å². The van der Waals surface area contributed by atoms with Gasteiger partial charge in [0, 0.05) is 5.56 Å². The molecule has 6 heteroatoms. The van der Waals surface area contributed by atoms with Crippen LogP contribution in [-0.4, -0.2) is 25.1 Å². The lowest BCUT2D eigenvalue weighted by Gasteiger charge is -2.18. The van der Waals surface area contributed by atoms with Crippen LogP contribution in [0.2, 0.25) is 0 Å². The van der Waals surface area contributed by atoms with E-state index in [2.05, 4.69) is 15.8 Å². The minimum absolute atomic E-state index is 0.0571. The molecule has 1 atom stereocenters. The molecule has 3 aromatic rings. The number of ether oxygens (including phenoxy) is 1. The minimum atomic E-state index is -0.480. The molecule has 0 saturated carbocycles. The predicted octanol–water partition coefficient (Wildman–Crippen LogP) is 4.02. The zero-order chi connectivity index (χ0) is 22.1. The van der Waals surface area contributed by atoms with Crippen LogP contribution in [0.25, 0.3) is 0 Å². The first kappa shape index (κ1) is 21.8. The second kappa shape index (κ2) is 10.7. The summed E-state index contributed by atoms with van der Waals surface area (Å²) in [6.45, 7) is 1.94. The van der Waals surface area contributed by atoms with Gasteiger partial charge in [0.25, 0.3) is 5.91 Å². The Hall–Kier alpha value is -3.93. The maximum atomic E-state index is 12.6. The van der Waals surface area contributed by atoms with Crippen LogP contribution in [0.15, 0.2) is 84.0 Å². The molecule has 0 spiro atoms. The van der Waals surface area contributed by atoms with Crippen molar-refractivity contribution >= 4 is 18.0 Å². The first-order valence-corrected chi connectivity index (χ1v) is 9.94. The molecule has 0 fully saturated rings. The van der Waals surface area contributed by atoms with E-state index in [1.807, 2.05) is 61.5 Å². The summed E-state index contributed by atoms with van der Waals surface area (Å²) in [4.78, 5) is 25.1. The van der Waals surface area contributed by atoms with Crippen molar-refractivity contribution in [3.05, 3.63) is 101 Å². The zero-order valence-corrected chi connectivity index (χ0v) is 17.5. The highest BCUT2D eigenvalue weighted by atomic mass is 16.5. The van der Waals surface area contributed by atoms with Gasteiger partial charge in [-0.15, -0.1) is 0 Å². The molecule has 31 heavy (non-hydrogen) atoms. The van der Waals surface area contributed by atoms with E-state index in [0.717, 1.165) is 22.4 Å². The Kier molecular flexibility index (Phi) is 7.54. The van der Waals surface area contributed by atoms with Crippen LogP contribution < -0.4 is 15.5 Å². The van der Waals surface area contributed by atoms with Gasteiger partial charge in [0.05, 0.1) is 25.8 Å². The lowest BCUT2D eigenvalue weighted by atomic mass is 10.0. The summed E-state index contributed by atoms with van der Waals surface area (Å²) >= 11 is 0. The molecule has 0 heterocycles. The van der Waals surface area contributed by atoms with Gasteiger partial charge in [-0.3, -0.25) is 9.59 Å². The Morgan fingerprint density at radius 1 is 1.00 bits per heavy atom. The highest BCUT2D eigenvalue weighted by Crippen LogP contribution is 2.18. The predicted molar refractivity (Wildman–Crippen MR) is 121 cm³/mol. The van der Waals surface area contributed by atoms with Crippen molar-refractivity contribution in [2.24, 2.45) is 5.10 Å². The van der Waals surface area contributed by atoms with E-state index in [1.165, 1.54) is 0 Å². The standard InChI is InChI=1S/C25H25N3O3/c1-18-15-22(31-2)14-13-21(18)17-26-28-24(29)16-23(19-9-5-3-6-10-19)27-25(30)20-11-7-4-8-12-20/h3-15,17,23H,16H2,1-2H3,(H,27,30)(H,28,29)/b26-17-/t23-/m1/s1. The zero-order valence-electron chi connectivity index (χ0n) is 17.5. The summed E-state index contributed by atoms with van der Waals surface area (Å²) in [5, 5.41) is 7.01. The smallest absolute Gasteiger partial charge is 0.251 e. The fourth-order valence-corrected chi connectivity index (χ4v) is 3.09. The largest absolute Gasteiger partial charge is 0.497 e. The Labute approximate surface area is 182 Å². The SMILES string of the molecule is COc1ccc(/C=N\NC(=O)C[C@@H](NC(=O)c2ccccc2)c2ccccc2)c(C)c1. The quantitative estimate of drug-likeness (QED) is 0.431. The normalized spacial score (nSPS) is 11.7.